The summed E-state index contributed by atoms with van der Waals surface area (Å²) in [4.78, 5) is 26.0. The SMILES string of the molecule is CC(C)(C)OC(=O)c1ccccc1OC(=O)N1CCNCC1. The Labute approximate surface area is 130 Å². The molecule has 22 heavy (non-hydrogen) atoms. The number of hydrogen-bond acceptors (Lipinski definition) is 5. The molecule has 1 saturated heterocycles. The molecular weight excluding hydrogens is 284 g/mol. The summed E-state index contributed by atoms with van der Waals surface area (Å²) in [5, 5.41) is 3.17. The minimum atomic E-state index is -0.604. The summed E-state index contributed by atoms with van der Waals surface area (Å²) < 4.78 is 10.7. The van der Waals surface area contributed by atoms with Crippen LogP contribution in [-0.2, 0) is 4.74 Å². The Bertz CT molecular complexity index is 545. The molecule has 0 aromatic heterocycles. The van der Waals surface area contributed by atoms with Crippen LogP contribution in [0, 0.1) is 0 Å². The highest BCUT2D eigenvalue weighted by molar-refractivity contribution is 5.93. The van der Waals surface area contributed by atoms with E-state index in [9.17, 15) is 9.59 Å². The number of hydrogen-bond donors (Lipinski definition) is 1. The fraction of sp³-hybridized carbons (Fsp3) is 0.500. The number of benzene rings is 1. The van der Waals surface area contributed by atoms with Crippen molar-refractivity contribution in [1.29, 1.82) is 0 Å². The van der Waals surface area contributed by atoms with Crippen molar-refractivity contribution in [3.05, 3.63) is 29.8 Å². The molecule has 6 heteroatoms. The van der Waals surface area contributed by atoms with E-state index >= 15 is 0 Å². The van der Waals surface area contributed by atoms with Gasteiger partial charge >= 0.3 is 12.1 Å². The van der Waals surface area contributed by atoms with E-state index in [1.807, 2.05) is 0 Å². The molecule has 1 amide bonds. The van der Waals surface area contributed by atoms with Crippen molar-refractivity contribution in [3.8, 4) is 5.75 Å². The van der Waals surface area contributed by atoms with Crippen LogP contribution in [0.4, 0.5) is 4.79 Å². The van der Waals surface area contributed by atoms with Gasteiger partial charge in [-0.3, -0.25) is 0 Å². The Kier molecular flexibility index (Phi) is 5.03. The molecule has 1 fully saturated rings. The van der Waals surface area contributed by atoms with Crippen LogP contribution in [0.3, 0.4) is 0 Å². The molecule has 1 aromatic rings. The van der Waals surface area contributed by atoms with Gasteiger partial charge in [-0.2, -0.15) is 0 Å². The van der Waals surface area contributed by atoms with Gasteiger partial charge in [0.25, 0.3) is 0 Å². The number of nitrogens with one attached hydrogen (secondary N) is 1. The van der Waals surface area contributed by atoms with Crippen molar-refractivity contribution in [2.24, 2.45) is 0 Å². The molecule has 1 heterocycles. The van der Waals surface area contributed by atoms with Crippen LogP contribution in [0.15, 0.2) is 24.3 Å². The lowest BCUT2D eigenvalue weighted by Crippen LogP contribution is -2.47. The van der Waals surface area contributed by atoms with Crippen molar-refractivity contribution in [2.75, 3.05) is 26.2 Å². The van der Waals surface area contributed by atoms with Crippen LogP contribution < -0.4 is 10.1 Å². The average molecular weight is 306 g/mol. The first-order valence-corrected chi connectivity index (χ1v) is 7.37. The van der Waals surface area contributed by atoms with Crippen LogP contribution in [0.1, 0.15) is 31.1 Å². The molecule has 0 saturated carbocycles. The summed E-state index contributed by atoms with van der Waals surface area (Å²) in [6.45, 7) is 8.03. The molecule has 1 aliphatic rings. The standard InChI is InChI=1S/C16H22N2O4/c1-16(2,3)22-14(19)12-6-4-5-7-13(12)21-15(20)18-10-8-17-9-11-18/h4-7,17H,8-11H2,1-3H3. The van der Waals surface area contributed by atoms with Crippen LogP contribution in [0.2, 0.25) is 0 Å². The maximum absolute atomic E-state index is 12.2. The predicted molar refractivity (Wildman–Crippen MR) is 82.1 cm³/mol. The van der Waals surface area contributed by atoms with Crippen molar-refractivity contribution < 1.29 is 19.1 Å². The first kappa shape index (κ1) is 16.3. The van der Waals surface area contributed by atoms with Crippen molar-refractivity contribution in [3.63, 3.8) is 0 Å². The van der Waals surface area contributed by atoms with E-state index in [4.69, 9.17) is 9.47 Å². The average Bonchev–Trinajstić information content (AvgIpc) is 2.47. The van der Waals surface area contributed by atoms with Gasteiger partial charge < -0.3 is 19.7 Å². The zero-order valence-corrected chi connectivity index (χ0v) is 13.2. The van der Waals surface area contributed by atoms with Gasteiger partial charge in [0.05, 0.1) is 0 Å². The Morgan fingerprint density at radius 3 is 2.41 bits per heavy atom. The third kappa shape index (κ3) is 4.46. The molecule has 0 atom stereocenters. The van der Waals surface area contributed by atoms with Crippen LogP contribution in [0.5, 0.6) is 5.75 Å². The molecule has 0 aliphatic carbocycles. The molecule has 0 spiro atoms. The zero-order chi connectivity index (χ0) is 16.2. The molecule has 6 nitrogen and oxygen atoms in total. The first-order valence-electron chi connectivity index (χ1n) is 7.37. The number of esters is 1. The normalized spacial score (nSPS) is 15.3. The molecule has 0 radical (unpaired) electrons. The Balaban J connectivity index is 2.10. The van der Waals surface area contributed by atoms with Crippen LogP contribution >= 0.6 is 0 Å². The number of piperazine rings is 1. The summed E-state index contributed by atoms with van der Waals surface area (Å²) in [5.41, 5.74) is -0.354. The molecule has 2 rings (SSSR count). The lowest BCUT2D eigenvalue weighted by Gasteiger charge is -2.27. The maximum atomic E-state index is 12.2. The van der Waals surface area contributed by atoms with Crippen LogP contribution in [-0.4, -0.2) is 48.7 Å². The van der Waals surface area contributed by atoms with E-state index in [0.717, 1.165) is 13.1 Å². The van der Waals surface area contributed by atoms with E-state index in [2.05, 4.69) is 5.32 Å². The second-order valence-corrected chi connectivity index (χ2v) is 6.10. The van der Waals surface area contributed by atoms with Gasteiger partial charge in [-0.05, 0) is 32.9 Å². The summed E-state index contributed by atoms with van der Waals surface area (Å²) in [6.07, 6.45) is -0.447. The number of carbonyl (C=O) groups excluding carboxylic acids is 2. The molecule has 0 unspecified atom stereocenters. The molecule has 120 valence electrons. The third-order valence-corrected chi connectivity index (χ3v) is 3.08. The summed E-state index contributed by atoms with van der Waals surface area (Å²) >= 11 is 0. The topological polar surface area (TPSA) is 67.9 Å². The molecule has 1 aromatic carbocycles. The maximum Gasteiger partial charge on any atom is 0.415 e. The van der Waals surface area contributed by atoms with Gasteiger partial charge in [0.2, 0.25) is 0 Å². The number of para-hydroxylation sites is 1. The number of ether oxygens (including phenoxy) is 2. The minimum absolute atomic E-state index is 0.222. The van der Waals surface area contributed by atoms with Gasteiger partial charge in [-0.1, -0.05) is 12.1 Å². The largest absolute Gasteiger partial charge is 0.456 e. The first-order chi connectivity index (χ1) is 10.4. The molecule has 1 N–H and O–H groups in total. The van der Waals surface area contributed by atoms with Crippen molar-refractivity contribution >= 4 is 12.1 Å². The van der Waals surface area contributed by atoms with Gasteiger partial charge in [0.15, 0.2) is 0 Å². The van der Waals surface area contributed by atoms with Crippen LogP contribution in [0.25, 0.3) is 0 Å². The highest BCUT2D eigenvalue weighted by Crippen LogP contribution is 2.22. The predicted octanol–water partition coefficient (Wildman–Crippen LogP) is 2.05. The van der Waals surface area contributed by atoms with Crippen molar-refractivity contribution in [1.82, 2.24) is 10.2 Å². The lowest BCUT2D eigenvalue weighted by atomic mass is 10.1. The molecule has 0 bridgehead atoms. The summed E-state index contributed by atoms with van der Waals surface area (Å²) in [5.74, 6) is -0.281. The fourth-order valence-corrected chi connectivity index (χ4v) is 2.06. The number of amides is 1. The Morgan fingerprint density at radius 1 is 1.14 bits per heavy atom. The minimum Gasteiger partial charge on any atom is -0.456 e. The van der Waals surface area contributed by atoms with Gasteiger partial charge in [-0.15, -0.1) is 0 Å². The summed E-state index contributed by atoms with van der Waals surface area (Å²) in [6, 6.07) is 6.61. The quantitative estimate of drug-likeness (QED) is 0.847. The highest BCUT2D eigenvalue weighted by Gasteiger charge is 2.24. The fourth-order valence-electron chi connectivity index (χ4n) is 2.06. The molecule has 1 aliphatic heterocycles. The van der Waals surface area contributed by atoms with E-state index < -0.39 is 17.7 Å². The number of rotatable bonds is 2. The van der Waals surface area contributed by atoms with Crippen molar-refractivity contribution in [2.45, 2.75) is 26.4 Å². The third-order valence-electron chi connectivity index (χ3n) is 3.08. The smallest absolute Gasteiger partial charge is 0.415 e. The van der Waals surface area contributed by atoms with Gasteiger partial charge in [0.1, 0.15) is 16.9 Å². The number of carbonyl (C=O) groups is 2. The summed E-state index contributed by atoms with van der Waals surface area (Å²) in [7, 11) is 0. The second kappa shape index (κ2) is 6.79. The van der Waals surface area contributed by atoms with E-state index in [-0.39, 0.29) is 11.3 Å². The van der Waals surface area contributed by atoms with Gasteiger partial charge in [-0.25, -0.2) is 9.59 Å². The molecular formula is C16H22N2O4. The lowest BCUT2D eigenvalue weighted by molar-refractivity contribution is 0.00669. The van der Waals surface area contributed by atoms with E-state index in [1.165, 1.54) is 0 Å². The Morgan fingerprint density at radius 2 is 1.77 bits per heavy atom. The van der Waals surface area contributed by atoms with E-state index in [1.54, 1.807) is 49.9 Å². The zero-order valence-electron chi connectivity index (χ0n) is 13.2. The monoisotopic (exact) mass is 306 g/mol. The van der Waals surface area contributed by atoms with Gasteiger partial charge in [0, 0.05) is 26.2 Å². The highest BCUT2D eigenvalue weighted by atomic mass is 16.6. The van der Waals surface area contributed by atoms with E-state index in [0.29, 0.717) is 13.1 Å². The second-order valence-electron chi connectivity index (χ2n) is 6.10. The number of nitrogens with zero attached hydrogens (tertiary/aromatic N) is 1. The Hall–Kier alpha value is -2.08.